The van der Waals surface area contributed by atoms with Gasteiger partial charge in [-0.3, -0.25) is 4.79 Å². The molecule has 1 aliphatic rings. The number of rotatable bonds is 7. The average molecular weight is 381 g/mol. The minimum absolute atomic E-state index is 0.0318. The number of carbonyl (C=O) groups excluding carboxylic acids is 1. The van der Waals surface area contributed by atoms with Crippen molar-refractivity contribution in [2.75, 3.05) is 18.9 Å². The van der Waals surface area contributed by atoms with Crippen LogP contribution in [0.2, 0.25) is 5.02 Å². The summed E-state index contributed by atoms with van der Waals surface area (Å²) in [6, 6.07) is 7.15. The summed E-state index contributed by atoms with van der Waals surface area (Å²) >= 11 is 7.26. The summed E-state index contributed by atoms with van der Waals surface area (Å²) in [4.78, 5) is 12.0. The monoisotopic (exact) mass is 380 g/mol. The zero-order chi connectivity index (χ0) is 17.5. The number of hydrogen-bond donors (Lipinski definition) is 1. The first-order valence-corrected chi connectivity index (χ1v) is 9.78. The lowest BCUT2D eigenvalue weighted by Gasteiger charge is -2.08. The van der Waals surface area contributed by atoms with Gasteiger partial charge in [-0.2, -0.15) is 0 Å². The molecule has 8 heteroatoms. The Morgan fingerprint density at radius 3 is 2.92 bits per heavy atom. The van der Waals surface area contributed by atoms with Crippen LogP contribution < -0.4 is 10.1 Å². The summed E-state index contributed by atoms with van der Waals surface area (Å²) in [5.41, 5.74) is 0. The van der Waals surface area contributed by atoms with E-state index in [9.17, 15) is 4.79 Å². The molecule has 1 aromatic carbocycles. The van der Waals surface area contributed by atoms with Crippen molar-refractivity contribution in [3.05, 3.63) is 35.1 Å². The van der Waals surface area contributed by atoms with Gasteiger partial charge in [0.05, 0.1) is 12.3 Å². The number of benzene rings is 1. The first kappa shape index (κ1) is 18.1. The second kappa shape index (κ2) is 9.10. The Bertz CT molecular complexity index is 705. The summed E-state index contributed by atoms with van der Waals surface area (Å²) in [6.45, 7) is 1.82. The van der Waals surface area contributed by atoms with Gasteiger partial charge in [0.15, 0.2) is 5.16 Å². The molecule has 25 heavy (non-hydrogen) atoms. The minimum Gasteiger partial charge on any atom is -0.492 e. The van der Waals surface area contributed by atoms with Crippen molar-refractivity contribution in [2.24, 2.45) is 0 Å². The highest BCUT2D eigenvalue weighted by atomic mass is 35.5. The van der Waals surface area contributed by atoms with Crippen LogP contribution in [-0.4, -0.2) is 39.6 Å². The van der Waals surface area contributed by atoms with Gasteiger partial charge in [0.2, 0.25) is 5.91 Å². The van der Waals surface area contributed by atoms with Crippen molar-refractivity contribution in [1.82, 2.24) is 20.1 Å². The lowest BCUT2D eigenvalue weighted by atomic mass is 10.2. The maximum Gasteiger partial charge on any atom is 0.230 e. The Kier molecular flexibility index (Phi) is 6.58. The predicted octanol–water partition coefficient (Wildman–Crippen LogP) is 2.95. The topological polar surface area (TPSA) is 69.0 Å². The molecule has 3 rings (SSSR count). The van der Waals surface area contributed by atoms with E-state index in [0.29, 0.717) is 23.9 Å². The second-order valence-corrected chi connectivity index (χ2v) is 7.18. The predicted molar refractivity (Wildman–Crippen MR) is 98.3 cm³/mol. The number of thioether (sulfide) groups is 1. The molecule has 1 aliphatic heterocycles. The Morgan fingerprint density at radius 1 is 1.24 bits per heavy atom. The van der Waals surface area contributed by atoms with Crippen molar-refractivity contribution >= 4 is 29.3 Å². The third kappa shape index (κ3) is 5.37. The van der Waals surface area contributed by atoms with Crippen molar-refractivity contribution in [3.8, 4) is 5.75 Å². The van der Waals surface area contributed by atoms with E-state index < -0.39 is 0 Å². The first-order valence-electron chi connectivity index (χ1n) is 8.42. The van der Waals surface area contributed by atoms with E-state index in [1.165, 1.54) is 18.2 Å². The van der Waals surface area contributed by atoms with Crippen molar-refractivity contribution in [2.45, 2.75) is 37.4 Å². The number of aryl methyl sites for hydroxylation is 1. The third-order valence-electron chi connectivity index (χ3n) is 3.91. The van der Waals surface area contributed by atoms with Gasteiger partial charge in [0, 0.05) is 18.0 Å². The molecular formula is C17H21ClN4O2S. The highest BCUT2D eigenvalue weighted by molar-refractivity contribution is 7.99. The van der Waals surface area contributed by atoms with Gasteiger partial charge in [-0.1, -0.05) is 29.8 Å². The number of nitrogens with zero attached hydrogens (tertiary/aromatic N) is 3. The molecule has 0 saturated carbocycles. The molecule has 0 saturated heterocycles. The van der Waals surface area contributed by atoms with Gasteiger partial charge in [-0.05, 0) is 37.1 Å². The van der Waals surface area contributed by atoms with Gasteiger partial charge in [0.25, 0.3) is 0 Å². The largest absolute Gasteiger partial charge is 0.492 e. The van der Waals surface area contributed by atoms with Crippen molar-refractivity contribution in [3.63, 3.8) is 0 Å². The van der Waals surface area contributed by atoms with Gasteiger partial charge < -0.3 is 14.6 Å². The van der Waals surface area contributed by atoms with E-state index in [-0.39, 0.29) is 5.91 Å². The molecule has 0 aliphatic carbocycles. The molecule has 0 unspecified atom stereocenters. The molecule has 0 spiro atoms. The van der Waals surface area contributed by atoms with Gasteiger partial charge in [-0.25, -0.2) is 0 Å². The fourth-order valence-corrected chi connectivity index (χ4v) is 3.58. The lowest BCUT2D eigenvalue weighted by Crippen LogP contribution is -2.29. The summed E-state index contributed by atoms with van der Waals surface area (Å²) < 4.78 is 7.69. The number of aromatic nitrogens is 3. The Hall–Kier alpha value is -1.73. The van der Waals surface area contributed by atoms with Crippen LogP contribution in [0.4, 0.5) is 0 Å². The maximum absolute atomic E-state index is 12.0. The molecule has 0 atom stereocenters. The SMILES string of the molecule is O=C(CSc1nnc2n1CCCCC2)NCCOc1ccc(Cl)cc1. The molecule has 2 aromatic rings. The van der Waals surface area contributed by atoms with Crippen LogP contribution in [0.5, 0.6) is 5.75 Å². The van der Waals surface area contributed by atoms with E-state index in [0.717, 1.165) is 42.5 Å². The van der Waals surface area contributed by atoms with E-state index in [1.807, 2.05) is 0 Å². The van der Waals surface area contributed by atoms with Crippen molar-refractivity contribution < 1.29 is 9.53 Å². The van der Waals surface area contributed by atoms with E-state index in [4.69, 9.17) is 16.3 Å². The van der Waals surface area contributed by atoms with Gasteiger partial charge in [0.1, 0.15) is 18.2 Å². The van der Waals surface area contributed by atoms with Crippen LogP contribution >= 0.6 is 23.4 Å². The quantitative estimate of drug-likeness (QED) is 0.590. The highest BCUT2D eigenvalue weighted by Gasteiger charge is 2.15. The number of carbonyl (C=O) groups is 1. The molecule has 1 amide bonds. The number of hydrogen-bond acceptors (Lipinski definition) is 5. The standard InChI is InChI=1S/C17H21ClN4O2S/c18-13-5-7-14(8-6-13)24-11-9-19-16(23)12-25-17-21-20-15-4-2-1-3-10-22(15)17/h5-8H,1-4,9-12H2,(H,19,23). The van der Waals surface area contributed by atoms with Gasteiger partial charge >= 0.3 is 0 Å². The van der Waals surface area contributed by atoms with Crippen molar-refractivity contribution in [1.29, 1.82) is 0 Å². The summed E-state index contributed by atoms with van der Waals surface area (Å²) in [6.07, 6.45) is 4.51. The van der Waals surface area contributed by atoms with E-state index in [2.05, 4.69) is 20.1 Å². The Balaban J connectivity index is 1.37. The summed E-state index contributed by atoms with van der Waals surface area (Å²) in [5.74, 6) is 2.07. The number of halogens is 1. The minimum atomic E-state index is -0.0318. The Morgan fingerprint density at radius 2 is 2.08 bits per heavy atom. The summed E-state index contributed by atoms with van der Waals surface area (Å²) in [5, 5.41) is 12.8. The zero-order valence-corrected chi connectivity index (χ0v) is 15.5. The lowest BCUT2D eigenvalue weighted by molar-refractivity contribution is -0.118. The smallest absolute Gasteiger partial charge is 0.230 e. The number of amides is 1. The van der Waals surface area contributed by atoms with Crippen LogP contribution in [0, 0.1) is 0 Å². The molecule has 0 bridgehead atoms. The maximum atomic E-state index is 12.0. The molecule has 6 nitrogen and oxygen atoms in total. The van der Waals surface area contributed by atoms with Gasteiger partial charge in [-0.15, -0.1) is 10.2 Å². The van der Waals surface area contributed by atoms with Crippen LogP contribution in [0.1, 0.15) is 25.1 Å². The number of nitrogens with one attached hydrogen (secondary N) is 1. The molecule has 2 heterocycles. The number of ether oxygens (including phenoxy) is 1. The average Bonchev–Trinajstić information content (AvgIpc) is 2.85. The van der Waals surface area contributed by atoms with Crippen LogP contribution in [0.3, 0.4) is 0 Å². The zero-order valence-electron chi connectivity index (χ0n) is 13.9. The Labute approximate surface area is 156 Å². The van der Waals surface area contributed by atoms with Crippen LogP contribution in [0.25, 0.3) is 0 Å². The fourth-order valence-electron chi connectivity index (χ4n) is 2.64. The van der Waals surface area contributed by atoms with E-state index >= 15 is 0 Å². The first-order chi connectivity index (χ1) is 12.2. The van der Waals surface area contributed by atoms with Crippen LogP contribution in [-0.2, 0) is 17.8 Å². The molecule has 1 N–H and O–H groups in total. The number of fused-ring (bicyclic) bond motifs is 1. The molecule has 1 aromatic heterocycles. The van der Waals surface area contributed by atoms with E-state index in [1.54, 1.807) is 24.3 Å². The summed E-state index contributed by atoms with van der Waals surface area (Å²) in [7, 11) is 0. The molecule has 134 valence electrons. The third-order valence-corrected chi connectivity index (χ3v) is 5.13. The second-order valence-electron chi connectivity index (χ2n) is 5.80. The molecular weight excluding hydrogens is 360 g/mol. The normalized spacial score (nSPS) is 13.8. The molecule has 0 fully saturated rings. The fraction of sp³-hybridized carbons (Fsp3) is 0.471. The van der Waals surface area contributed by atoms with Crippen LogP contribution in [0.15, 0.2) is 29.4 Å². The molecule has 0 radical (unpaired) electrons. The highest BCUT2D eigenvalue weighted by Crippen LogP contribution is 2.21.